The molecule has 0 radical (unpaired) electrons. The number of aromatic carboxylic acids is 1. The highest BCUT2D eigenvalue weighted by molar-refractivity contribution is 5.88. The first-order valence-electron chi connectivity index (χ1n) is 8.14. The van der Waals surface area contributed by atoms with Gasteiger partial charge in [-0.05, 0) is 42.0 Å². The molecule has 0 spiro atoms. The fraction of sp³-hybridized carbons (Fsp3) is 0.150. The number of carboxylic acids is 2. The molecule has 0 aliphatic carbocycles. The van der Waals surface area contributed by atoms with E-state index in [2.05, 4.69) is 6.07 Å². The zero-order valence-electron chi connectivity index (χ0n) is 14.2. The summed E-state index contributed by atoms with van der Waals surface area (Å²) in [7, 11) is 0. The number of benzene rings is 2. The van der Waals surface area contributed by atoms with Gasteiger partial charge in [-0.1, -0.05) is 12.1 Å². The molecule has 27 heavy (non-hydrogen) atoms. The minimum absolute atomic E-state index is 0.136. The van der Waals surface area contributed by atoms with Crippen molar-refractivity contribution in [1.29, 1.82) is 5.26 Å². The second-order valence-electron chi connectivity index (χ2n) is 6.00. The Bertz CT molecular complexity index is 926. The molecular weight excluding hydrogens is 348 g/mol. The van der Waals surface area contributed by atoms with Crippen LogP contribution in [0.4, 0.5) is 5.69 Å². The highest BCUT2D eigenvalue weighted by Crippen LogP contribution is 2.34. The number of hydrogen-bond donors (Lipinski definition) is 2. The van der Waals surface area contributed by atoms with E-state index in [9.17, 15) is 14.9 Å². The summed E-state index contributed by atoms with van der Waals surface area (Å²) in [6.07, 6.45) is 1.76. The molecule has 1 unspecified atom stereocenters. The molecule has 2 N–H and O–H groups in total. The first-order valence-corrected chi connectivity index (χ1v) is 8.14. The van der Waals surface area contributed by atoms with E-state index in [1.807, 2.05) is 17.0 Å². The standard InChI is InChI=1S/C20H16N2O5/c21-9-15-10-22(16-5-1-14(2-6-16)20(25)26)11-18(15)13-3-7-17(8-4-13)27-12-19(23)24/h1-8,10,18H,11-12H2,(H,23,24)(H,25,26). The van der Waals surface area contributed by atoms with Crippen molar-refractivity contribution in [3.8, 4) is 11.8 Å². The summed E-state index contributed by atoms with van der Waals surface area (Å²) < 4.78 is 5.12. The van der Waals surface area contributed by atoms with Gasteiger partial charge in [-0.3, -0.25) is 0 Å². The minimum atomic E-state index is -1.05. The molecule has 0 bridgehead atoms. The second-order valence-corrected chi connectivity index (χ2v) is 6.00. The Kier molecular flexibility index (Phi) is 5.08. The van der Waals surface area contributed by atoms with Crippen LogP contribution in [0.5, 0.6) is 5.75 Å². The Morgan fingerprint density at radius 3 is 2.33 bits per heavy atom. The smallest absolute Gasteiger partial charge is 0.341 e. The van der Waals surface area contributed by atoms with Crippen molar-refractivity contribution in [2.45, 2.75) is 5.92 Å². The molecule has 0 fully saturated rings. The van der Waals surface area contributed by atoms with E-state index in [1.54, 1.807) is 30.5 Å². The van der Waals surface area contributed by atoms with Gasteiger partial charge < -0.3 is 19.8 Å². The van der Waals surface area contributed by atoms with Crippen molar-refractivity contribution in [3.63, 3.8) is 0 Å². The molecule has 2 aromatic rings. The molecule has 7 heteroatoms. The van der Waals surface area contributed by atoms with E-state index >= 15 is 0 Å². The van der Waals surface area contributed by atoms with Crippen molar-refractivity contribution >= 4 is 17.6 Å². The third kappa shape index (κ3) is 4.07. The van der Waals surface area contributed by atoms with E-state index < -0.39 is 18.5 Å². The Morgan fingerprint density at radius 2 is 1.78 bits per heavy atom. The summed E-state index contributed by atoms with van der Waals surface area (Å²) in [5.74, 6) is -1.72. The van der Waals surface area contributed by atoms with Gasteiger partial charge in [0.05, 0.1) is 17.2 Å². The van der Waals surface area contributed by atoms with Gasteiger partial charge in [-0.15, -0.1) is 0 Å². The SMILES string of the molecule is N#CC1=CN(c2ccc(C(=O)O)cc2)CC1c1ccc(OCC(=O)O)cc1. The fourth-order valence-electron chi connectivity index (χ4n) is 2.91. The van der Waals surface area contributed by atoms with E-state index in [0.29, 0.717) is 17.9 Å². The lowest BCUT2D eigenvalue weighted by Crippen LogP contribution is -2.16. The van der Waals surface area contributed by atoms with Gasteiger partial charge in [0.2, 0.25) is 0 Å². The maximum atomic E-state index is 11.0. The third-order valence-electron chi connectivity index (χ3n) is 4.27. The summed E-state index contributed by atoms with van der Waals surface area (Å²) in [5, 5.41) is 27.1. The average Bonchev–Trinajstić information content (AvgIpc) is 3.11. The second kappa shape index (κ2) is 7.62. The molecule has 0 saturated carbocycles. The number of hydrogen-bond acceptors (Lipinski definition) is 5. The molecule has 0 saturated heterocycles. The quantitative estimate of drug-likeness (QED) is 0.811. The predicted octanol–water partition coefficient (Wildman–Crippen LogP) is 2.86. The molecular formula is C20H16N2O5. The number of carboxylic acid groups (broad SMARTS) is 2. The maximum Gasteiger partial charge on any atom is 0.341 e. The van der Waals surface area contributed by atoms with Crippen LogP contribution >= 0.6 is 0 Å². The molecule has 1 aliphatic rings. The van der Waals surface area contributed by atoms with Crippen LogP contribution in [0.15, 0.2) is 60.3 Å². The normalized spacial score (nSPS) is 15.7. The van der Waals surface area contributed by atoms with Gasteiger partial charge in [0.25, 0.3) is 0 Å². The number of anilines is 1. The Morgan fingerprint density at radius 1 is 1.11 bits per heavy atom. The molecule has 136 valence electrons. The van der Waals surface area contributed by atoms with Crippen LogP contribution in [-0.2, 0) is 4.79 Å². The van der Waals surface area contributed by atoms with Gasteiger partial charge in [-0.25, -0.2) is 9.59 Å². The third-order valence-corrected chi connectivity index (χ3v) is 4.27. The Labute approximate surface area is 155 Å². The summed E-state index contributed by atoms with van der Waals surface area (Å²) in [4.78, 5) is 23.4. The number of aliphatic carboxylic acids is 1. The van der Waals surface area contributed by atoms with Gasteiger partial charge >= 0.3 is 11.9 Å². The van der Waals surface area contributed by atoms with Crippen molar-refractivity contribution in [2.75, 3.05) is 18.1 Å². The lowest BCUT2D eigenvalue weighted by Gasteiger charge is -2.18. The Hall–Kier alpha value is -3.79. The van der Waals surface area contributed by atoms with Crippen LogP contribution in [0.25, 0.3) is 0 Å². The number of rotatable bonds is 6. The van der Waals surface area contributed by atoms with Crippen molar-refractivity contribution in [3.05, 3.63) is 71.4 Å². The monoisotopic (exact) mass is 364 g/mol. The van der Waals surface area contributed by atoms with E-state index in [4.69, 9.17) is 14.9 Å². The van der Waals surface area contributed by atoms with Gasteiger partial charge in [-0.2, -0.15) is 5.26 Å². The first kappa shape index (κ1) is 18.0. The zero-order chi connectivity index (χ0) is 19.4. The van der Waals surface area contributed by atoms with Gasteiger partial charge in [0, 0.05) is 24.4 Å². The molecule has 2 aromatic carbocycles. The molecule has 7 nitrogen and oxygen atoms in total. The topological polar surface area (TPSA) is 111 Å². The van der Waals surface area contributed by atoms with E-state index in [1.165, 1.54) is 12.1 Å². The summed E-state index contributed by atoms with van der Waals surface area (Å²) in [6.45, 7) is 0.136. The predicted molar refractivity (Wildman–Crippen MR) is 96.8 cm³/mol. The van der Waals surface area contributed by atoms with Gasteiger partial charge in [0.1, 0.15) is 5.75 Å². The van der Waals surface area contributed by atoms with Crippen LogP contribution < -0.4 is 9.64 Å². The van der Waals surface area contributed by atoms with Crippen molar-refractivity contribution in [2.24, 2.45) is 0 Å². The fourth-order valence-corrected chi connectivity index (χ4v) is 2.91. The summed E-state index contributed by atoms with van der Waals surface area (Å²) in [5.41, 5.74) is 2.51. The minimum Gasteiger partial charge on any atom is -0.482 e. The number of nitriles is 1. The highest BCUT2D eigenvalue weighted by Gasteiger charge is 2.27. The van der Waals surface area contributed by atoms with Crippen LogP contribution in [0.3, 0.4) is 0 Å². The van der Waals surface area contributed by atoms with Crippen LogP contribution in [0.1, 0.15) is 21.8 Å². The number of ether oxygens (including phenoxy) is 1. The molecule has 1 aliphatic heterocycles. The maximum absolute atomic E-state index is 11.0. The molecule has 1 atom stereocenters. The summed E-state index contributed by atoms with van der Waals surface area (Å²) >= 11 is 0. The van der Waals surface area contributed by atoms with Crippen LogP contribution in [0.2, 0.25) is 0 Å². The summed E-state index contributed by atoms with van der Waals surface area (Å²) in [6, 6.07) is 15.7. The zero-order valence-corrected chi connectivity index (χ0v) is 14.2. The molecule has 1 heterocycles. The van der Waals surface area contributed by atoms with E-state index in [0.717, 1.165) is 11.3 Å². The highest BCUT2D eigenvalue weighted by atomic mass is 16.5. The van der Waals surface area contributed by atoms with E-state index in [-0.39, 0.29) is 11.5 Å². The van der Waals surface area contributed by atoms with Gasteiger partial charge in [0.15, 0.2) is 6.61 Å². The van der Waals surface area contributed by atoms with Crippen LogP contribution in [-0.4, -0.2) is 35.3 Å². The molecule has 0 aromatic heterocycles. The number of carbonyl (C=O) groups is 2. The van der Waals surface area contributed by atoms with Crippen molar-refractivity contribution in [1.82, 2.24) is 0 Å². The molecule has 3 rings (SSSR count). The lowest BCUT2D eigenvalue weighted by molar-refractivity contribution is -0.139. The van der Waals surface area contributed by atoms with Crippen LogP contribution in [0, 0.1) is 11.3 Å². The lowest BCUT2D eigenvalue weighted by atomic mass is 9.94. The Balaban J connectivity index is 1.76. The number of nitrogens with zero attached hydrogens (tertiary/aromatic N) is 2. The van der Waals surface area contributed by atoms with Crippen molar-refractivity contribution < 1.29 is 24.5 Å². The average molecular weight is 364 g/mol. The molecule has 0 amide bonds. The first-order chi connectivity index (χ1) is 13.0. The largest absolute Gasteiger partial charge is 0.482 e.